The van der Waals surface area contributed by atoms with Crippen LogP contribution < -0.4 is 0 Å². The summed E-state index contributed by atoms with van der Waals surface area (Å²) in [6, 6.07) is 0. The Labute approximate surface area is 72.6 Å². The van der Waals surface area contributed by atoms with E-state index in [4.69, 9.17) is 0 Å². The van der Waals surface area contributed by atoms with Gasteiger partial charge in [-0.05, 0) is 0 Å². The van der Waals surface area contributed by atoms with E-state index in [2.05, 4.69) is 9.47 Å². The Bertz CT molecular complexity index is 227. The van der Waals surface area contributed by atoms with E-state index in [0.717, 1.165) is 0 Å². The van der Waals surface area contributed by atoms with Gasteiger partial charge in [0, 0.05) is 0 Å². The van der Waals surface area contributed by atoms with E-state index in [-0.39, 0.29) is 0 Å². The number of hydrogen-bond donors (Lipinski definition) is 0. The molecule has 2 atom stereocenters. The van der Waals surface area contributed by atoms with Crippen LogP contribution in [0.4, 0.5) is 30.7 Å². The van der Waals surface area contributed by atoms with Crippen molar-refractivity contribution >= 4 is 0 Å². The molecule has 0 aromatic heterocycles. The molecule has 0 aliphatic carbocycles. The molecule has 0 aromatic rings. The second-order valence-corrected chi connectivity index (χ2v) is 2.51. The summed E-state index contributed by atoms with van der Waals surface area (Å²) in [6.45, 7) is -1.77. The lowest BCUT2D eigenvalue weighted by atomic mass is 10.2. The summed E-state index contributed by atoms with van der Waals surface area (Å²) in [5, 5.41) is 0. The first-order chi connectivity index (χ1) is 6.08. The molecule has 14 heavy (non-hydrogen) atoms. The van der Waals surface area contributed by atoms with E-state index < -0.39 is 31.1 Å². The quantitative estimate of drug-likeness (QED) is 0.591. The highest BCUT2D eigenvalue weighted by Gasteiger charge is 2.70. The van der Waals surface area contributed by atoms with Gasteiger partial charge >= 0.3 is 18.1 Å². The number of rotatable bonds is 0. The van der Waals surface area contributed by atoms with Gasteiger partial charge in [-0.2, -0.15) is 26.3 Å². The van der Waals surface area contributed by atoms with Crippen molar-refractivity contribution in [1.82, 2.24) is 0 Å². The minimum atomic E-state index is -5.93. The normalized spacial score (nSPS) is 38.4. The Balaban J connectivity index is 2.95. The molecule has 0 spiro atoms. The van der Waals surface area contributed by atoms with Crippen LogP contribution in [0.1, 0.15) is 0 Å². The lowest BCUT2D eigenvalue weighted by Gasteiger charge is -2.37. The molecule has 1 heterocycles. The minimum Gasteiger partial charge on any atom is -0.334 e. The molecule has 0 aromatic carbocycles. The van der Waals surface area contributed by atoms with E-state index in [1.165, 1.54) is 0 Å². The molecule has 1 aliphatic heterocycles. The molecule has 2 unspecified atom stereocenters. The highest BCUT2D eigenvalue weighted by Crippen LogP contribution is 2.45. The third kappa shape index (κ3) is 1.78. The van der Waals surface area contributed by atoms with Crippen molar-refractivity contribution in [1.29, 1.82) is 0 Å². The van der Waals surface area contributed by atoms with Gasteiger partial charge < -0.3 is 4.74 Å². The van der Waals surface area contributed by atoms with Gasteiger partial charge in [0.2, 0.25) is 0 Å². The van der Waals surface area contributed by atoms with Gasteiger partial charge in [-0.15, -0.1) is 0 Å². The van der Waals surface area contributed by atoms with Gasteiger partial charge in [-0.1, -0.05) is 0 Å². The topological polar surface area (TPSA) is 18.5 Å². The van der Waals surface area contributed by atoms with E-state index in [9.17, 15) is 30.7 Å². The van der Waals surface area contributed by atoms with Gasteiger partial charge in [0.1, 0.15) is 6.61 Å². The molecular weight excluding hydrogens is 225 g/mol. The fraction of sp³-hybridized carbons (Fsp3) is 1.00. The smallest absolute Gasteiger partial charge is 0.334 e. The van der Waals surface area contributed by atoms with Crippen LogP contribution in [-0.2, 0) is 9.47 Å². The Morgan fingerprint density at radius 1 is 1.14 bits per heavy atom. The van der Waals surface area contributed by atoms with E-state index >= 15 is 0 Å². The van der Waals surface area contributed by atoms with Crippen molar-refractivity contribution in [3.63, 3.8) is 0 Å². The molecule has 0 amide bonds. The predicted octanol–water partition coefficient (Wildman–Crippen LogP) is 2.15. The lowest BCUT2D eigenvalue weighted by Crippen LogP contribution is -2.60. The molecule has 1 aliphatic rings. The summed E-state index contributed by atoms with van der Waals surface area (Å²) >= 11 is 0. The summed E-state index contributed by atoms with van der Waals surface area (Å²) in [5.74, 6) is -5.13. The van der Waals surface area contributed by atoms with Gasteiger partial charge in [0.15, 0.2) is 0 Å². The number of ether oxygens (including phenoxy) is 2. The van der Waals surface area contributed by atoms with Gasteiger partial charge in [0.25, 0.3) is 6.36 Å². The van der Waals surface area contributed by atoms with Gasteiger partial charge in [-0.3, -0.25) is 4.74 Å². The zero-order chi connectivity index (χ0) is 11.2. The Kier molecular flexibility index (Phi) is 2.43. The Hall–Kier alpha value is -0.570. The third-order valence-corrected chi connectivity index (χ3v) is 1.37. The van der Waals surface area contributed by atoms with Crippen molar-refractivity contribution in [3.8, 4) is 0 Å². The third-order valence-electron chi connectivity index (χ3n) is 1.37. The van der Waals surface area contributed by atoms with Crippen LogP contribution in [0.5, 0.6) is 0 Å². The first-order valence-electron chi connectivity index (χ1n) is 3.18. The summed E-state index contributed by atoms with van der Waals surface area (Å²) in [6.07, 6.45) is -14.1. The summed E-state index contributed by atoms with van der Waals surface area (Å²) in [4.78, 5) is 0. The van der Waals surface area contributed by atoms with Crippen molar-refractivity contribution in [2.45, 2.75) is 24.5 Å². The van der Waals surface area contributed by atoms with Crippen molar-refractivity contribution < 1.29 is 40.2 Å². The fourth-order valence-electron chi connectivity index (χ4n) is 0.757. The average molecular weight is 228 g/mol. The first-order valence-corrected chi connectivity index (χ1v) is 3.18. The molecule has 1 saturated heterocycles. The molecule has 0 saturated carbocycles. The van der Waals surface area contributed by atoms with Crippen LogP contribution in [0, 0.1) is 0 Å². The predicted molar refractivity (Wildman–Crippen MR) is 26.8 cm³/mol. The Morgan fingerprint density at radius 2 is 1.64 bits per heavy atom. The minimum absolute atomic E-state index is 1.77. The molecule has 2 nitrogen and oxygen atoms in total. The highest BCUT2D eigenvalue weighted by atomic mass is 19.4. The van der Waals surface area contributed by atoms with Crippen molar-refractivity contribution in [3.05, 3.63) is 0 Å². The zero-order valence-electron chi connectivity index (χ0n) is 6.25. The molecule has 0 N–H and O–H groups in total. The van der Waals surface area contributed by atoms with Gasteiger partial charge in [0.05, 0.1) is 0 Å². The van der Waals surface area contributed by atoms with E-state index in [1.807, 2.05) is 0 Å². The SMILES string of the molecule is FC1OCC(F)(F)OC1(F)C(F)(F)F. The molecule has 84 valence electrons. The largest absolute Gasteiger partial charge is 0.454 e. The standard InChI is InChI=1S/C5H3F7O2/c6-2-4(9,5(10,11)12)14-3(7,8)1-13-2/h2H,1H2. The zero-order valence-corrected chi connectivity index (χ0v) is 6.25. The number of hydrogen-bond acceptors (Lipinski definition) is 2. The second-order valence-electron chi connectivity index (χ2n) is 2.51. The van der Waals surface area contributed by atoms with Crippen molar-refractivity contribution in [2.24, 2.45) is 0 Å². The molecule has 1 fully saturated rings. The maximum atomic E-state index is 12.6. The van der Waals surface area contributed by atoms with Gasteiger partial charge in [-0.25, -0.2) is 4.39 Å². The number of halogens is 7. The second kappa shape index (κ2) is 2.96. The maximum absolute atomic E-state index is 12.6. The molecular formula is C5H3F7O2. The van der Waals surface area contributed by atoms with Crippen LogP contribution in [-0.4, -0.2) is 31.1 Å². The summed E-state index contributed by atoms with van der Waals surface area (Å²) in [7, 11) is 0. The molecule has 1 rings (SSSR count). The maximum Gasteiger partial charge on any atom is 0.454 e. The van der Waals surface area contributed by atoms with Crippen LogP contribution >= 0.6 is 0 Å². The van der Waals surface area contributed by atoms with Crippen LogP contribution in [0.2, 0.25) is 0 Å². The lowest BCUT2D eigenvalue weighted by molar-refractivity contribution is -0.486. The molecule has 0 bridgehead atoms. The highest BCUT2D eigenvalue weighted by molar-refractivity contribution is 4.85. The van der Waals surface area contributed by atoms with Crippen LogP contribution in [0.15, 0.2) is 0 Å². The van der Waals surface area contributed by atoms with E-state index in [1.54, 1.807) is 0 Å². The average Bonchev–Trinajstić information content (AvgIpc) is 1.95. The summed E-state index contributed by atoms with van der Waals surface area (Å²) in [5.41, 5.74) is 0. The Morgan fingerprint density at radius 3 is 2.00 bits per heavy atom. The van der Waals surface area contributed by atoms with Crippen molar-refractivity contribution in [2.75, 3.05) is 6.61 Å². The van der Waals surface area contributed by atoms with E-state index in [0.29, 0.717) is 0 Å². The fourth-order valence-corrected chi connectivity index (χ4v) is 0.757. The number of alkyl halides is 7. The molecule has 9 heteroatoms. The van der Waals surface area contributed by atoms with Crippen LogP contribution in [0.3, 0.4) is 0 Å². The van der Waals surface area contributed by atoms with Crippen LogP contribution in [0.25, 0.3) is 0 Å². The molecule has 0 radical (unpaired) electrons. The monoisotopic (exact) mass is 228 g/mol. The first kappa shape index (κ1) is 11.5. The summed E-state index contributed by atoms with van der Waals surface area (Å²) < 4.78 is 90.5.